The zero-order valence-corrected chi connectivity index (χ0v) is 16.1. The Morgan fingerprint density at radius 3 is 2.81 bits per heavy atom. The quantitative estimate of drug-likeness (QED) is 0.820. The molecule has 1 amide bonds. The number of hydrogen-bond donors (Lipinski definition) is 0. The number of nitriles is 1. The Balaban J connectivity index is 1.49. The summed E-state index contributed by atoms with van der Waals surface area (Å²) in [6, 6.07) is 6.20. The molecule has 6 heteroatoms. The van der Waals surface area contributed by atoms with Gasteiger partial charge in [0.15, 0.2) is 0 Å². The molecule has 1 spiro atoms. The molecule has 1 aliphatic carbocycles. The molecule has 0 radical (unpaired) electrons. The van der Waals surface area contributed by atoms with Gasteiger partial charge in [-0.1, -0.05) is 0 Å². The van der Waals surface area contributed by atoms with Gasteiger partial charge in [0.2, 0.25) is 5.91 Å². The van der Waals surface area contributed by atoms with Gasteiger partial charge in [0.1, 0.15) is 11.9 Å². The van der Waals surface area contributed by atoms with E-state index in [4.69, 9.17) is 4.74 Å². The molecule has 3 heterocycles. The number of likely N-dealkylation sites (tertiary alicyclic amines) is 1. The average molecular weight is 368 g/mol. The number of carbonyl (C=O) groups excluding carboxylic acids is 1. The summed E-state index contributed by atoms with van der Waals surface area (Å²) in [7, 11) is 1.78. The highest BCUT2D eigenvalue weighted by Gasteiger charge is 2.51. The number of nitrogens with zero attached hydrogens (tertiary/aromatic N) is 4. The van der Waals surface area contributed by atoms with Crippen LogP contribution in [0.5, 0.6) is 0 Å². The van der Waals surface area contributed by atoms with Crippen molar-refractivity contribution in [3.8, 4) is 6.07 Å². The summed E-state index contributed by atoms with van der Waals surface area (Å²) in [6.45, 7) is 2.41. The normalized spacial score (nSPS) is 31.3. The van der Waals surface area contributed by atoms with Crippen molar-refractivity contribution in [2.45, 2.75) is 57.1 Å². The minimum absolute atomic E-state index is 0.305. The molecule has 3 fully saturated rings. The second kappa shape index (κ2) is 7.47. The predicted molar refractivity (Wildman–Crippen MR) is 102 cm³/mol. The molecule has 1 aromatic rings. The molecule has 0 unspecified atom stereocenters. The number of rotatable bonds is 3. The van der Waals surface area contributed by atoms with Crippen molar-refractivity contribution < 1.29 is 9.53 Å². The summed E-state index contributed by atoms with van der Waals surface area (Å²) in [4.78, 5) is 22.2. The summed E-state index contributed by atoms with van der Waals surface area (Å²) < 4.78 is 5.48. The van der Waals surface area contributed by atoms with E-state index in [1.807, 2.05) is 0 Å². The molecule has 3 aliphatic rings. The van der Waals surface area contributed by atoms with Gasteiger partial charge in [-0.05, 0) is 57.1 Å². The van der Waals surface area contributed by atoms with E-state index >= 15 is 0 Å². The Morgan fingerprint density at radius 1 is 1.26 bits per heavy atom. The van der Waals surface area contributed by atoms with Gasteiger partial charge in [0.05, 0.1) is 17.1 Å². The molecular weight excluding hydrogens is 340 g/mol. The number of amides is 1. The maximum absolute atomic E-state index is 13.4. The third-order valence-corrected chi connectivity index (χ3v) is 6.75. The maximum Gasteiger partial charge on any atom is 0.230 e. The fraction of sp³-hybridized carbons (Fsp3) is 0.667. The van der Waals surface area contributed by atoms with Crippen LogP contribution in [0.15, 0.2) is 18.3 Å². The van der Waals surface area contributed by atoms with E-state index in [2.05, 4.69) is 20.9 Å². The van der Waals surface area contributed by atoms with E-state index in [0.29, 0.717) is 30.2 Å². The van der Waals surface area contributed by atoms with E-state index in [-0.39, 0.29) is 5.41 Å². The number of piperidine rings is 1. The van der Waals surface area contributed by atoms with Crippen LogP contribution in [0.1, 0.15) is 50.5 Å². The van der Waals surface area contributed by atoms with Crippen molar-refractivity contribution in [2.75, 3.05) is 31.6 Å². The molecule has 1 atom stereocenters. The van der Waals surface area contributed by atoms with Crippen LogP contribution in [0.25, 0.3) is 0 Å². The molecule has 144 valence electrons. The van der Waals surface area contributed by atoms with Gasteiger partial charge in [-0.2, -0.15) is 5.26 Å². The van der Waals surface area contributed by atoms with Crippen molar-refractivity contribution in [3.63, 3.8) is 0 Å². The van der Waals surface area contributed by atoms with Crippen molar-refractivity contribution in [1.82, 2.24) is 9.88 Å². The first-order chi connectivity index (χ1) is 13.2. The molecule has 27 heavy (non-hydrogen) atoms. The molecule has 4 rings (SSSR count). The second-order valence-corrected chi connectivity index (χ2v) is 8.21. The minimum Gasteiger partial charge on any atom is -0.381 e. The largest absolute Gasteiger partial charge is 0.381 e. The van der Waals surface area contributed by atoms with Gasteiger partial charge in [-0.15, -0.1) is 0 Å². The fourth-order valence-corrected chi connectivity index (χ4v) is 5.22. The topological polar surface area (TPSA) is 69.5 Å². The second-order valence-electron chi connectivity index (χ2n) is 8.21. The Morgan fingerprint density at radius 2 is 2.07 bits per heavy atom. The van der Waals surface area contributed by atoms with E-state index in [9.17, 15) is 10.1 Å². The van der Waals surface area contributed by atoms with Crippen LogP contribution in [0.3, 0.4) is 0 Å². The molecule has 1 aromatic heterocycles. The first-order valence-electron chi connectivity index (χ1n) is 10.1. The Bertz CT molecular complexity index is 738. The first-order valence-corrected chi connectivity index (χ1v) is 10.1. The summed E-state index contributed by atoms with van der Waals surface area (Å²) in [6.07, 6.45) is 9.10. The summed E-state index contributed by atoms with van der Waals surface area (Å²) >= 11 is 0. The van der Waals surface area contributed by atoms with Crippen molar-refractivity contribution in [2.24, 2.45) is 5.41 Å². The lowest BCUT2D eigenvalue weighted by molar-refractivity contribution is -0.139. The smallest absolute Gasteiger partial charge is 0.230 e. The third-order valence-electron chi connectivity index (χ3n) is 6.75. The SMILES string of the molecule is COC1CCC(N2CC[C@@]3(CCCN(c4ncccc4C#N)C3)C2=O)CC1. The van der Waals surface area contributed by atoms with Gasteiger partial charge in [0, 0.05) is 39.0 Å². The molecule has 2 aliphatic heterocycles. The summed E-state index contributed by atoms with van der Waals surface area (Å²) in [5.74, 6) is 1.05. The van der Waals surface area contributed by atoms with Crippen molar-refractivity contribution in [3.05, 3.63) is 23.9 Å². The fourth-order valence-electron chi connectivity index (χ4n) is 5.22. The van der Waals surface area contributed by atoms with Crippen molar-refractivity contribution >= 4 is 11.7 Å². The molecule has 1 saturated carbocycles. The van der Waals surface area contributed by atoms with E-state index < -0.39 is 0 Å². The van der Waals surface area contributed by atoms with Gasteiger partial charge >= 0.3 is 0 Å². The molecule has 0 N–H and O–H groups in total. The zero-order valence-electron chi connectivity index (χ0n) is 16.1. The minimum atomic E-state index is -0.305. The van der Waals surface area contributed by atoms with Crippen LogP contribution < -0.4 is 4.90 Å². The number of hydrogen-bond acceptors (Lipinski definition) is 5. The number of pyridine rings is 1. The van der Waals surface area contributed by atoms with Crippen LogP contribution in [0, 0.1) is 16.7 Å². The number of aromatic nitrogens is 1. The molecule has 6 nitrogen and oxygen atoms in total. The van der Waals surface area contributed by atoms with Crippen LogP contribution in [-0.4, -0.2) is 54.7 Å². The zero-order chi connectivity index (χ0) is 18.9. The molecule has 0 aromatic carbocycles. The first kappa shape index (κ1) is 18.2. The van der Waals surface area contributed by atoms with Gasteiger partial charge in [-0.25, -0.2) is 4.98 Å². The van der Waals surface area contributed by atoms with E-state index in [1.165, 1.54) is 0 Å². The highest BCUT2D eigenvalue weighted by atomic mass is 16.5. The summed E-state index contributed by atoms with van der Waals surface area (Å²) in [5.41, 5.74) is 0.287. The Labute approximate surface area is 161 Å². The Kier molecular flexibility index (Phi) is 5.05. The summed E-state index contributed by atoms with van der Waals surface area (Å²) in [5, 5.41) is 9.41. The highest BCUT2D eigenvalue weighted by Crippen LogP contribution is 2.43. The predicted octanol–water partition coefficient (Wildman–Crippen LogP) is 2.73. The number of carbonyl (C=O) groups is 1. The lowest BCUT2D eigenvalue weighted by atomic mass is 9.78. The lowest BCUT2D eigenvalue weighted by Gasteiger charge is -2.41. The third kappa shape index (κ3) is 3.29. The van der Waals surface area contributed by atoms with Gasteiger partial charge in [0.25, 0.3) is 0 Å². The Hall–Kier alpha value is -2.13. The molecule has 2 saturated heterocycles. The maximum atomic E-state index is 13.4. The van der Waals surface area contributed by atoms with E-state index in [0.717, 1.165) is 63.9 Å². The van der Waals surface area contributed by atoms with Crippen LogP contribution in [0.4, 0.5) is 5.82 Å². The lowest BCUT2D eigenvalue weighted by Crippen LogP contribution is -2.50. The van der Waals surface area contributed by atoms with Crippen molar-refractivity contribution in [1.29, 1.82) is 5.26 Å². The van der Waals surface area contributed by atoms with Gasteiger partial charge in [-0.3, -0.25) is 4.79 Å². The molecular formula is C21H28N4O2. The standard InChI is InChI=1S/C21H28N4O2/c1-27-18-7-5-17(6-8-18)25-13-10-21(20(25)26)9-3-12-24(15-21)19-16(14-22)4-2-11-23-19/h2,4,11,17-18H,3,5-10,12-13,15H2,1H3/t17?,18?,21-/m1/s1. The molecule has 0 bridgehead atoms. The van der Waals surface area contributed by atoms with Gasteiger partial charge < -0.3 is 14.5 Å². The van der Waals surface area contributed by atoms with Crippen LogP contribution in [0.2, 0.25) is 0 Å². The number of anilines is 1. The average Bonchev–Trinajstić information content (AvgIpc) is 3.03. The monoisotopic (exact) mass is 368 g/mol. The van der Waals surface area contributed by atoms with Crippen LogP contribution in [-0.2, 0) is 9.53 Å². The highest BCUT2D eigenvalue weighted by molar-refractivity contribution is 5.86. The number of ether oxygens (including phenoxy) is 1. The number of methoxy groups -OCH3 is 1. The van der Waals surface area contributed by atoms with E-state index in [1.54, 1.807) is 25.4 Å². The van der Waals surface area contributed by atoms with Crippen LogP contribution >= 0.6 is 0 Å².